The number of halogens is 1. The fraction of sp³-hybridized carbons (Fsp3) is 0.250. The molecule has 21 heavy (non-hydrogen) atoms. The van der Waals surface area contributed by atoms with Crippen LogP contribution in [0.5, 0.6) is 5.88 Å². The first kappa shape index (κ1) is 14.1. The maximum absolute atomic E-state index is 12.3. The van der Waals surface area contributed by atoms with Crippen molar-refractivity contribution in [3.05, 3.63) is 58.2 Å². The highest BCUT2D eigenvalue weighted by Gasteiger charge is 2.33. The van der Waals surface area contributed by atoms with Gasteiger partial charge in [-0.3, -0.25) is 4.79 Å². The van der Waals surface area contributed by atoms with E-state index in [-0.39, 0.29) is 12.0 Å². The first-order valence-corrected chi connectivity index (χ1v) is 7.56. The van der Waals surface area contributed by atoms with E-state index in [4.69, 9.17) is 4.74 Å². The Balaban J connectivity index is 1.57. The van der Waals surface area contributed by atoms with Gasteiger partial charge in [0.2, 0.25) is 5.88 Å². The third kappa shape index (κ3) is 3.24. The Hall–Kier alpha value is -1.88. The SMILES string of the molecule is Cc1cccc(OC2CN(C(=O)c3cccc(Br)c3)C2)n1. The van der Waals surface area contributed by atoms with Crippen LogP contribution in [0.1, 0.15) is 16.1 Å². The molecular formula is C16H15BrN2O2. The van der Waals surface area contributed by atoms with Crippen LogP contribution in [0.3, 0.4) is 0 Å². The first-order valence-electron chi connectivity index (χ1n) is 6.77. The maximum atomic E-state index is 12.3. The van der Waals surface area contributed by atoms with Crippen LogP contribution in [0.15, 0.2) is 46.9 Å². The molecule has 4 nitrogen and oxygen atoms in total. The van der Waals surface area contributed by atoms with E-state index in [0.717, 1.165) is 10.2 Å². The first-order chi connectivity index (χ1) is 10.1. The van der Waals surface area contributed by atoms with Gasteiger partial charge < -0.3 is 9.64 Å². The molecule has 0 spiro atoms. The number of likely N-dealkylation sites (tertiary alicyclic amines) is 1. The number of carbonyl (C=O) groups is 1. The van der Waals surface area contributed by atoms with E-state index in [1.54, 1.807) is 4.90 Å². The van der Waals surface area contributed by atoms with Crippen molar-refractivity contribution in [2.24, 2.45) is 0 Å². The number of rotatable bonds is 3. The predicted octanol–water partition coefficient (Wildman–Crippen LogP) is 3.06. The zero-order valence-corrected chi connectivity index (χ0v) is 13.2. The van der Waals surface area contributed by atoms with Crippen LogP contribution >= 0.6 is 15.9 Å². The number of carbonyl (C=O) groups excluding carboxylic acids is 1. The average Bonchev–Trinajstić information content (AvgIpc) is 2.42. The second kappa shape index (κ2) is 5.85. The van der Waals surface area contributed by atoms with Crippen molar-refractivity contribution in [3.63, 3.8) is 0 Å². The van der Waals surface area contributed by atoms with Crippen LogP contribution in [0.2, 0.25) is 0 Å². The molecular weight excluding hydrogens is 332 g/mol. The topological polar surface area (TPSA) is 42.4 Å². The van der Waals surface area contributed by atoms with Crippen LogP contribution in [0.4, 0.5) is 0 Å². The van der Waals surface area contributed by atoms with Crippen LogP contribution < -0.4 is 4.74 Å². The highest BCUT2D eigenvalue weighted by atomic mass is 79.9. The third-order valence-corrected chi connectivity index (χ3v) is 3.85. The molecule has 0 unspecified atom stereocenters. The summed E-state index contributed by atoms with van der Waals surface area (Å²) in [5, 5.41) is 0. The van der Waals surface area contributed by atoms with Gasteiger partial charge in [-0.25, -0.2) is 4.98 Å². The molecule has 0 saturated carbocycles. The van der Waals surface area contributed by atoms with Gasteiger partial charge in [0.25, 0.3) is 5.91 Å². The van der Waals surface area contributed by atoms with Crippen molar-refractivity contribution in [1.29, 1.82) is 0 Å². The number of amides is 1. The molecule has 1 fully saturated rings. The van der Waals surface area contributed by atoms with Gasteiger partial charge in [0.05, 0.1) is 13.1 Å². The molecule has 0 aliphatic carbocycles. The summed E-state index contributed by atoms with van der Waals surface area (Å²) in [6.45, 7) is 3.12. The van der Waals surface area contributed by atoms with E-state index in [0.29, 0.717) is 24.5 Å². The summed E-state index contributed by atoms with van der Waals surface area (Å²) in [6, 6.07) is 13.1. The van der Waals surface area contributed by atoms with Gasteiger partial charge in [0.1, 0.15) is 6.10 Å². The highest BCUT2D eigenvalue weighted by Crippen LogP contribution is 2.20. The molecule has 1 saturated heterocycles. The van der Waals surface area contributed by atoms with Gasteiger partial charge in [0.15, 0.2) is 0 Å². The summed E-state index contributed by atoms with van der Waals surface area (Å²) in [6.07, 6.45) is 0.0235. The number of pyridine rings is 1. The molecule has 1 aliphatic heterocycles. The fourth-order valence-corrected chi connectivity index (χ4v) is 2.64. The Kier molecular flexibility index (Phi) is 3.92. The van der Waals surface area contributed by atoms with Gasteiger partial charge in [-0.15, -0.1) is 0 Å². The summed E-state index contributed by atoms with van der Waals surface area (Å²) in [5.74, 6) is 0.655. The van der Waals surface area contributed by atoms with Gasteiger partial charge in [-0.2, -0.15) is 0 Å². The molecule has 0 radical (unpaired) electrons. The smallest absolute Gasteiger partial charge is 0.254 e. The Labute approximate surface area is 131 Å². The number of hydrogen-bond donors (Lipinski definition) is 0. The zero-order chi connectivity index (χ0) is 14.8. The molecule has 1 aromatic carbocycles. The Morgan fingerprint density at radius 1 is 1.29 bits per heavy atom. The normalized spacial score (nSPS) is 14.7. The molecule has 2 aromatic rings. The van der Waals surface area contributed by atoms with E-state index < -0.39 is 0 Å². The monoisotopic (exact) mass is 346 g/mol. The van der Waals surface area contributed by atoms with Gasteiger partial charge in [-0.1, -0.05) is 28.1 Å². The van der Waals surface area contributed by atoms with E-state index >= 15 is 0 Å². The molecule has 0 bridgehead atoms. The molecule has 1 aromatic heterocycles. The van der Waals surface area contributed by atoms with Crippen molar-refractivity contribution in [2.45, 2.75) is 13.0 Å². The van der Waals surface area contributed by atoms with E-state index in [9.17, 15) is 4.79 Å². The molecule has 0 atom stereocenters. The predicted molar refractivity (Wildman–Crippen MR) is 83.4 cm³/mol. The molecule has 1 aliphatic rings. The summed E-state index contributed by atoms with van der Waals surface area (Å²) < 4.78 is 6.66. The minimum absolute atomic E-state index is 0.0235. The van der Waals surface area contributed by atoms with Gasteiger partial charge in [-0.05, 0) is 31.2 Å². The molecule has 3 rings (SSSR count). The molecule has 2 heterocycles. The van der Waals surface area contributed by atoms with E-state index in [2.05, 4.69) is 20.9 Å². The van der Waals surface area contributed by atoms with Crippen molar-refractivity contribution >= 4 is 21.8 Å². The number of benzene rings is 1. The van der Waals surface area contributed by atoms with Crippen LogP contribution in [-0.4, -0.2) is 35.0 Å². The highest BCUT2D eigenvalue weighted by molar-refractivity contribution is 9.10. The summed E-state index contributed by atoms with van der Waals surface area (Å²) >= 11 is 3.38. The Morgan fingerprint density at radius 3 is 2.76 bits per heavy atom. The number of hydrogen-bond acceptors (Lipinski definition) is 3. The minimum atomic E-state index is 0.0235. The standard InChI is InChI=1S/C16H15BrN2O2/c1-11-4-2-7-15(18-11)21-14-9-19(10-14)16(20)12-5-3-6-13(17)8-12/h2-8,14H,9-10H2,1H3. The number of aryl methyl sites for hydroxylation is 1. The quantitative estimate of drug-likeness (QED) is 0.857. The minimum Gasteiger partial charge on any atom is -0.471 e. The largest absolute Gasteiger partial charge is 0.471 e. The lowest BCUT2D eigenvalue weighted by Crippen LogP contribution is -2.56. The number of nitrogens with zero attached hydrogens (tertiary/aromatic N) is 2. The molecule has 0 N–H and O–H groups in total. The van der Waals surface area contributed by atoms with Gasteiger partial charge in [0, 0.05) is 21.8 Å². The van der Waals surface area contributed by atoms with Crippen LogP contribution in [-0.2, 0) is 0 Å². The average molecular weight is 347 g/mol. The number of ether oxygens (including phenoxy) is 1. The summed E-state index contributed by atoms with van der Waals surface area (Å²) in [7, 11) is 0. The zero-order valence-electron chi connectivity index (χ0n) is 11.6. The molecule has 5 heteroatoms. The van der Waals surface area contributed by atoms with Gasteiger partial charge >= 0.3 is 0 Å². The second-order valence-corrected chi connectivity index (χ2v) is 5.99. The van der Waals surface area contributed by atoms with Crippen LogP contribution in [0, 0.1) is 6.92 Å². The Morgan fingerprint density at radius 2 is 2.05 bits per heavy atom. The summed E-state index contributed by atoms with van der Waals surface area (Å²) in [4.78, 5) is 18.3. The Bertz CT molecular complexity index is 669. The van der Waals surface area contributed by atoms with Crippen molar-refractivity contribution in [3.8, 4) is 5.88 Å². The maximum Gasteiger partial charge on any atom is 0.254 e. The lowest BCUT2D eigenvalue weighted by atomic mass is 10.1. The lowest BCUT2D eigenvalue weighted by Gasteiger charge is -2.38. The van der Waals surface area contributed by atoms with Crippen molar-refractivity contribution in [2.75, 3.05) is 13.1 Å². The second-order valence-electron chi connectivity index (χ2n) is 5.08. The molecule has 108 valence electrons. The fourth-order valence-electron chi connectivity index (χ4n) is 2.24. The van der Waals surface area contributed by atoms with E-state index in [1.165, 1.54) is 0 Å². The van der Waals surface area contributed by atoms with Crippen molar-refractivity contribution < 1.29 is 9.53 Å². The molecule has 1 amide bonds. The third-order valence-electron chi connectivity index (χ3n) is 3.36. The summed E-state index contributed by atoms with van der Waals surface area (Å²) in [5.41, 5.74) is 1.62. The van der Waals surface area contributed by atoms with E-state index in [1.807, 2.05) is 49.4 Å². The number of aromatic nitrogens is 1. The lowest BCUT2D eigenvalue weighted by molar-refractivity contribution is 0.0159. The van der Waals surface area contributed by atoms with Crippen LogP contribution in [0.25, 0.3) is 0 Å². The van der Waals surface area contributed by atoms with Crippen molar-refractivity contribution in [1.82, 2.24) is 9.88 Å².